The molecule has 4 aromatic rings. The molecule has 5 heterocycles. The number of furan rings is 1. The summed E-state index contributed by atoms with van der Waals surface area (Å²) in [5.74, 6) is 0.806. The normalized spacial score (nSPS) is 22.3. The van der Waals surface area contributed by atoms with Crippen molar-refractivity contribution in [2.24, 2.45) is 5.92 Å². The van der Waals surface area contributed by atoms with Crippen LogP contribution in [0.25, 0.3) is 16.6 Å². The molecule has 2 atom stereocenters. The lowest BCUT2D eigenvalue weighted by Crippen LogP contribution is -2.36. The lowest BCUT2D eigenvalue weighted by atomic mass is 10.0. The minimum absolute atomic E-state index is 0.690. The quantitative estimate of drug-likeness (QED) is 0.537. The minimum Gasteiger partial charge on any atom is -0.472 e. The summed E-state index contributed by atoms with van der Waals surface area (Å²) in [6.45, 7) is 5.72. The number of aromatic amines is 1. The second kappa shape index (κ2) is 7.41. The van der Waals surface area contributed by atoms with Gasteiger partial charge in [-0.25, -0.2) is 0 Å². The highest BCUT2D eigenvalue weighted by molar-refractivity contribution is 5.85. The molecule has 0 bridgehead atoms. The van der Waals surface area contributed by atoms with Gasteiger partial charge in [0.2, 0.25) is 0 Å². The number of nitrogens with zero attached hydrogens (tertiary/aromatic N) is 5. The number of aromatic nitrogens is 4. The Labute approximate surface area is 175 Å². The number of nitrogens with one attached hydrogen (secondary N) is 1. The van der Waals surface area contributed by atoms with Gasteiger partial charge in [-0.2, -0.15) is 0 Å². The molecular weight excluding hydrogens is 376 g/mol. The molecule has 6 rings (SSSR count). The Morgan fingerprint density at radius 2 is 2.07 bits per heavy atom. The molecule has 0 aliphatic carbocycles. The van der Waals surface area contributed by atoms with Gasteiger partial charge in [0.05, 0.1) is 12.5 Å². The van der Waals surface area contributed by atoms with Gasteiger partial charge in [-0.05, 0) is 55.1 Å². The molecule has 2 aliphatic heterocycles. The van der Waals surface area contributed by atoms with Gasteiger partial charge in [0.15, 0.2) is 0 Å². The molecule has 0 saturated carbocycles. The fourth-order valence-electron chi connectivity index (χ4n) is 5.32. The average Bonchev–Trinajstić information content (AvgIpc) is 3.55. The van der Waals surface area contributed by atoms with Crippen LogP contribution in [0, 0.1) is 5.92 Å². The molecule has 7 heteroatoms. The van der Waals surface area contributed by atoms with Gasteiger partial charge in [0.1, 0.15) is 12.7 Å². The first-order chi connectivity index (χ1) is 14.8. The van der Waals surface area contributed by atoms with Crippen molar-refractivity contribution in [3.8, 4) is 5.69 Å². The van der Waals surface area contributed by atoms with Crippen molar-refractivity contribution in [3.05, 3.63) is 66.8 Å². The van der Waals surface area contributed by atoms with Crippen LogP contribution in [-0.4, -0.2) is 61.8 Å². The molecule has 0 radical (unpaired) electrons. The predicted molar refractivity (Wildman–Crippen MR) is 114 cm³/mol. The maximum Gasteiger partial charge on any atom is 0.123 e. The predicted octanol–water partition coefficient (Wildman–Crippen LogP) is 3.09. The minimum atomic E-state index is 0.690. The van der Waals surface area contributed by atoms with Crippen LogP contribution in [0.3, 0.4) is 0 Å². The summed E-state index contributed by atoms with van der Waals surface area (Å²) in [7, 11) is 0. The summed E-state index contributed by atoms with van der Waals surface area (Å²) in [5.41, 5.74) is 4.95. The molecule has 154 valence electrons. The highest BCUT2D eigenvalue weighted by Gasteiger charge is 2.40. The Morgan fingerprint density at radius 1 is 1.13 bits per heavy atom. The Hall–Kier alpha value is -2.90. The van der Waals surface area contributed by atoms with E-state index in [1.54, 1.807) is 18.9 Å². The third-order valence-corrected chi connectivity index (χ3v) is 6.86. The van der Waals surface area contributed by atoms with Crippen LogP contribution in [-0.2, 0) is 13.0 Å². The topological polar surface area (TPSA) is 66.1 Å². The third kappa shape index (κ3) is 3.24. The SMILES string of the molecule is c1cc(CN2CC3CCN(CCc4c[nH]c5ccc(-n6cnnc6)cc45)C3C2)co1. The molecule has 0 spiro atoms. The van der Waals surface area contributed by atoms with Crippen molar-refractivity contribution in [1.29, 1.82) is 0 Å². The van der Waals surface area contributed by atoms with Crippen molar-refractivity contribution in [3.63, 3.8) is 0 Å². The zero-order valence-electron chi connectivity index (χ0n) is 16.9. The summed E-state index contributed by atoms with van der Waals surface area (Å²) < 4.78 is 7.19. The Morgan fingerprint density at radius 3 is 2.93 bits per heavy atom. The van der Waals surface area contributed by atoms with Crippen molar-refractivity contribution < 1.29 is 4.42 Å². The van der Waals surface area contributed by atoms with E-state index in [1.165, 1.54) is 48.1 Å². The van der Waals surface area contributed by atoms with E-state index >= 15 is 0 Å². The number of hydrogen-bond donors (Lipinski definition) is 1. The lowest BCUT2D eigenvalue weighted by molar-refractivity contribution is 0.224. The average molecular weight is 403 g/mol. The Balaban J connectivity index is 1.14. The van der Waals surface area contributed by atoms with Crippen LogP contribution in [0.5, 0.6) is 0 Å². The van der Waals surface area contributed by atoms with E-state index in [0.29, 0.717) is 6.04 Å². The number of fused-ring (bicyclic) bond motifs is 2. The fourth-order valence-corrected chi connectivity index (χ4v) is 5.32. The molecule has 1 N–H and O–H groups in total. The van der Waals surface area contributed by atoms with Gasteiger partial charge in [-0.1, -0.05) is 0 Å². The number of rotatable bonds is 6. The molecule has 2 aliphatic rings. The molecule has 7 nitrogen and oxygen atoms in total. The largest absolute Gasteiger partial charge is 0.472 e. The smallest absolute Gasteiger partial charge is 0.123 e. The van der Waals surface area contributed by atoms with Crippen molar-refractivity contribution in [2.45, 2.75) is 25.4 Å². The maximum absolute atomic E-state index is 5.24. The lowest BCUT2D eigenvalue weighted by Gasteiger charge is -2.24. The van der Waals surface area contributed by atoms with Crippen molar-refractivity contribution in [2.75, 3.05) is 26.2 Å². The Bertz CT molecular complexity index is 1120. The molecule has 30 heavy (non-hydrogen) atoms. The van der Waals surface area contributed by atoms with Gasteiger partial charge >= 0.3 is 0 Å². The van der Waals surface area contributed by atoms with Gasteiger partial charge in [-0.3, -0.25) is 14.4 Å². The first-order valence-corrected chi connectivity index (χ1v) is 10.8. The molecule has 0 amide bonds. The summed E-state index contributed by atoms with van der Waals surface area (Å²) in [6, 6.07) is 9.25. The van der Waals surface area contributed by atoms with Crippen LogP contribution in [0.15, 0.2) is 60.1 Å². The number of H-pyrrole nitrogens is 1. The standard InChI is InChI=1S/C23H26N6O/c1-2-22-21(9-20(1)29-15-25-26-16-29)18(10-24-22)3-6-28-7-4-19-12-27(13-23(19)28)11-17-5-8-30-14-17/h1-2,5,8-10,14-16,19,23-24H,3-4,6-7,11-13H2. The van der Waals surface area contributed by atoms with Crippen molar-refractivity contribution >= 4 is 10.9 Å². The van der Waals surface area contributed by atoms with Crippen LogP contribution >= 0.6 is 0 Å². The Kier molecular flexibility index (Phi) is 4.43. The van der Waals surface area contributed by atoms with E-state index < -0.39 is 0 Å². The van der Waals surface area contributed by atoms with E-state index in [1.807, 2.05) is 10.8 Å². The van der Waals surface area contributed by atoms with Gasteiger partial charge in [0.25, 0.3) is 0 Å². The second-order valence-corrected chi connectivity index (χ2v) is 8.64. The zero-order valence-corrected chi connectivity index (χ0v) is 16.9. The van der Waals surface area contributed by atoms with E-state index in [9.17, 15) is 0 Å². The van der Waals surface area contributed by atoms with Gasteiger partial charge in [0, 0.05) is 60.6 Å². The first kappa shape index (κ1) is 17.9. The van der Waals surface area contributed by atoms with Crippen LogP contribution < -0.4 is 0 Å². The monoisotopic (exact) mass is 402 g/mol. The van der Waals surface area contributed by atoms with Crippen LogP contribution in [0.2, 0.25) is 0 Å². The third-order valence-electron chi connectivity index (χ3n) is 6.86. The molecule has 2 saturated heterocycles. The number of hydrogen-bond acceptors (Lipinski definition) is 5. The maximum atomic E-state index is 5.24. The number of benzene rings is 1. The summed E-state index contributed by atoms with van der Waals surface area (Å²) >= 11 is 0. The summed E-state index contributed by atoms with van der Waals surface area (Å²) in [4.78, 5) is 8.74. The van der Waals surface area contributed by atoms with E-state index in [-0.39, 0.29) is 0 Å². The summed E-state index contributed by atoms with van der Waals surface area (Å²) in [5, 5.41) is 9.15. The molecule has 2 unspecified atom stereocenters. The van der Waals surface area contributed by atoms with Gasteiger partial charge < -0.3 is 9.40 Å². The highest BCUT2D eigenvalue weighted by Crippen LogP contribution is 2.32. The van der Waals surface area contributed by atoms with E-state index in [0.717, 1.165) is 31.1 Å². The molecule has 2 fully saturated rings. The fraction of sp³-hybridized carbons (Fsp3) is 0.391. The van der Waals surface area contributed by atoms with E-state index in [2.05, 4.69) is 55.4 Å². The first-order valence-electron chi connectivity index (χ1n) is 10.8. The zero-order chi connectivity index (χ0) is 19.9. The van der Waals surface area contributed by atoms with Crippen LogP contribution in [0.1, 0.15) is 17.5 Å². The van der Waals surface area contributed by atoms with Crippen molar-refractivity contribution in [1.82, 2.24) is 29.5 Å². The second-order valence-electron chi connectivity index (χ2n) is 8.64. The van der Waals surface area contributed by atoms with E-state index in [4.69, 9.17) is 4.42 Å². The van der Waals surface area contributed by atoms with Gasteiger partial charge in [-0.15, -0.1) is 10.2 Å². The molecular formula is C23H26N6O. The highest BCUT2D eigenvalue weighted by atomic mass is 16.3. The molecule has 3 aromatic heterocycles. The summed E-state index contributed by atoms with van der Waals surface area (Å²) in [6.07, 6.45) is 11.7. The van der Waals surface area contributed by atoms with Crippen LogP contribution in [0.4, 0.5) is 0 Å². The number of likely N-dealkylation sites (tertiary alicyclic amines) is 2. The molecule has 1 aromatic carbocycles.